The van der Waals surface area contributed by atoms with Crippen molar-refractivity contribution in [2.75, 3.05) is 12.4 Å². The van der Waals surface area contributed by atoms with Gasteiger partial charge in [0.1, 0.15) is 5.75 Å². The molecule has 24 heavy (non-hydrogen) atoms. The molecule has 1 aromatic heterocycles. The molecular weight excluding hydrogens is 326 g/mol. The summed E-state index contributed by atoms with van der Waals surface area (Å²) in [6, 6.07) is 11.0. The topological polar surface area (TPSA) is 64.6 Å². The molecule has 0 bridgehead atoms. The van der Waals surface area contributed by atoms with Gasteiger partial charge in [-0.1, -0.05) is 6.07 Å². The number of aryl methyl sites for hydroxylation is 1. The fraction of sp³-hybridized carbons (Fsp3) is 0.333. The van der Waals surface area contributed by atoms with Gasteiger partial charge >= 0.3 is 5.97 Å². The number of ether oxygens (including phenoxy) is 2. The Morgan fingerprint density at radius 3 is 2.58 bits per heavy atom. The second kappa shape index (κ2) is 9.08. The van der Waals surface area contributed by atoms with Crippen LogP contribution >= 0.6 is 11.3 Å². The number of amides is 1. The largest absolute Gasteiger partial charge is 0.497 e. The van der Waals surface area contributed by atoms with E-state index in [4.69, 9.17) is 9.47 Å². The van der Waals surface area contributed by atoms with Crippen LogP contribution in [0.3, 0.4) is 0 Å². The first-order valence-corrected chi connectivity index (χ1v) is 8.63. The van der Waals surface area contributed by atoms with Crippen LogP contribution in [0, 0.1) is 0 Å². The van der Waals surface area contributed by atoms with Crippen LogP contribution in [0.2, 0.25) is 0 Å². The van der Waals surface area contributed by atoms with Gasteiger partial charge in [-0.05, 0) is 55.5 Å². The Bertz CT molecular complexity index is 652. The molecule has 6 heteroatoms. The average Bonchev–Trinajstić information content (AvgIpc) is 3.08. The molecule has 0 aliphatic rings. The fourth-order valence-corrected chi connectivity index (χ4v) is 2.84. The highest BCUT2D eigenvalue weighted by Gasteiger charge is 2.17. The van der Waals surface area contributed by atoms with Gasteiger partial charge in [0, 0.05) is 17.0 Å². The Kier molecular flexibility index (Phi) is 6.81. The lowest BCUT2D eigenvalue weighted by Gasteiger charge is -2.13. The van der Waals surface area contributed by atoms with Crippen LogP contribution < -0.4 is 10.1 Å². The van der Waals surface area contributed by atoms with E-state index < -0.39 is 6.10 Å². The van der Waals surface area contributed by atoms with Crippen molar-refractivity contribution >= 4 is 28.9 Å². The van der Waals surface area contributed by atoms with E-state index in [-0.39, 0.29) is 11.9 Å². The van der Waals surface area contributed by atoms with Crippen LogP contribution in [0.4, 0.5) is 5.69 Å². The highest BCUT2D eigenvalue weighted by atomic mass is 32.1. The monoisotopic (exact) mass is 347 g/mol. The quantitative estimate of drug-likeness (QED) is 0.740. The first-order valence-electron chi connectivity index (χ1n) is 7.75. The second-order valence-corrected chi connectivity index (χ2v) is 6.32. The molecule has 0 unspecified atom stereocenters. The highest BCUT2D eigenvalue weighted by Crippen LogP contribution is 2.16. The molecule has 2 rings (SSSR count). The van der Waals surface area contributed by atoms with Crippen LogP contribution in [-0.2, 0) is 20.7 Å². The number of nitrogens with one attached hydrogen (secondary N) is 1. The summed E-state index contributed by atoms with van der Waals surface area (Å²) in [6.07, 6.45) is 1.03. The van der Waals surface area contributed by atoms with Gasteiger partial charge in [-0.3, -0.25) is 9.59 Å². The van der Waals surface area contributed by atoms with Crippen molar-refractivity contribution < 1.29 is 19.1 Å². The number of benzene rings is 1. The molecule has 0 aliphatic heterocycles. The third kappa shape index (κ3) is 5.70. The first-order chi connectivity index (χ1) is 11.6. The molecular formula is C18H21NO4S. The zero-order valence-electron chi connectivity index (χ0n) is 13.8. The summed E-state index contributed by atoms with van der Waals surface area (Å²) < 4.78 is 10.2. The van der Waals surface area contributed by atoms with Crippen LogP contribution in [0.15, 0.2) is 41.8 Å². The van der Waals surface area contributed by atoms with Gasteiger partial charge in [0.05, 0.1) is 7.11 Å². The van der Waals surface area contributed by atoms with Crippen LogP contribution in [0.25, 0.3) is 0 Å². The molecule has 0 aliphatic carbocycles. The van der Waals surface area contributed by atoms with E-state index in [0.717, 1.165) is 6.42 Å². The molecule has 1 heterocycles. The fourth-order valence-electron chi connectivity index (χ4n) is 2.09. The van der Waals surface area contributed by atoms with Crippen molar-refractivity contribution in [1.82, 2.24) is 0 Å². The molecule has 1 N–H and O–H groups in total. The number of carbonyl (C=O) groups excluding carboxylic acids is 2. The number of thiophene rings is 1. The molecule has 0 spiro atoms. The molecule has 0 fully saturated rings. The molecule has 0 saturated heterocycles. The average molecular weight is 347 g/mol. The lowest BCUT2D eigenvalue weighted by Crippen LogP contribution is -2.29. The Morgan fingerprint density at radius 1 is 1.21 bits per heavy atom. The van der Waals surface area contributed by atoms with Gasteiger partial charge in [0.15, 0.2) is 6.10 Å². The van der Waals surface area contributed by atoms with Crippen molar-refractivity contribution in [3.05, 3.63) is 46.7 Å². The van der Waals surface area contributed by atoms with Gasteiger partial charge in [0.25, 0.3) is 5.91 Å². The molecule has 2 aromatic rings. The van der Waals surface area contributed by atoms with Crippen molar-refractivity contribution in [2.24, 2.45) is 0 Å². The maximum Gasteiger partial charge on any atom is 0.306 e. The van der Waals surface area contributed by atoms with Crippen molar-refractivity contribution in [1.29, 1.82) is 0 Å². The molecule has 0 saturated carbocycles. The van der Waals surface area contributed by atoms with E-state index in [2.05, 4.69) is 5.32 Å². The van der Waals surface area contributed by atoms with E-state index >= 15 is 0 Å². The predicted octanol–water partition coefficient (Wildman–Crippen LogP) is 3.65. The van der Waals surface area contributed by atoms with Crippen LogP contribution in [-0.4, -0.2) is 25.1 Å². The number of carbonyl (C=O) groups is 2. The number of rotatable bonds is 8. The highest BCUT2D eigenvalue weighted by molar-refractivity contribution is 7.09. The third-order valence-corrected chi connectivity index (χ3v) is 4.36. The maximum atomic E-state index is 12.0. The maximum absolute atomic E-state index is 12.0. The number of hydrogen-bond acceptors (Lipinski definition) is 5. The number of esters is 1. The van der Waals surface area contributed by atoms with Gasteiger partial charge in [-0.15, -0.1) is 11.3 Å². The van der Waals surface area contributed by atoms with E-state index in [1.54, 1.807) is 49.6 Å². The minimum atomic E-state index is -0.832. The minimum absolute atomic E-state index is 0.304. The number of hydrogen-bond donors (Lipinski definition) is 1. The summed E-state index contributed by atoms with van der Waals surface area (Å²) in [6.45, 7) is 1.57. The zero-order chi connectivity index (χ0) is 17.4. The molecule has 1 amide bonds. The van der Waals surface area contributed by atoms with Gasteiger partial charge in [-0.2, -0.15) is 0 Å². The van der Waals surface area contributed by atoms with E-state index in [1.807, 2.05) is 17.5 Å². The van der Waals surface area contributed by atoms with Crippen molar-refractivity contribution in [3.63, 3.8) is 0 Å². The summed E-state index contributed by atoms with van der Waals surface area (Å²) in [5, 5.41) is 4.72. The predicted molar refractivity (Wildman–Crippen MR) is 94.4 cm³/mol. The van der Waals surface area contributed by atoms with Gasteiger partial charge < -0.3 is 14.8 Å². The van der Waals surface area contributed by atoms with E-state index in [1.165, 1.54) is 4.88 Å². The standard InChI is InChI=1S/C18H21NO4S/c1-13(18(21)19-14-8-10-15(22-2)11-9-14)23-17(20)7-3-5-16-6-4-12-24-16/h4,6,8-13H,3,5,7H2,1-2H3,(H,19,21)/t13-/m0/s1. The normalized spacial score (nSPS) is 11.6. The molecule has 0 radical (unpaired) electrons. The summed E-state index contributed by atoms with van der Waals surface area (Å²) in [7, 11) is 1.58. The summed E-state index contributed by atoms with van der Waals surface area (Å²) >= 11 is 1.67. The van der Waals surface area contributed by atoms with Gasteiger partial charge in [-0.25, -0.2) is 0 Å². The Morgan fingerprint density at radius 2 is 1.96 bits per heavy atom. The summed E-state index contributed by atoms with van der Waals surface area (Å²) in [5.41, 5.74) is 0.626. The Balaban J connectivity index is 1.72. The first kappa shape index (κ1) is 18.0. The Labute approximate surface area is 145 Å². The zero-order valence-corrected chi connectivity index (χ0v) is 14.6. The van der Waals surface area contributed by atoms with Crippen molar-refractivity contribution in [3.8, 4) is 5.75 Å². The summed E-state index contributed by atoms with van der Waals surface area (Å²) in [4.78, 5) is 25.1. The molecule has 1 atom stereocenters. The lowest BCUT2D eigenvalue weighted by molar-refractivity contribution is -0.153. The summed E-state index contributed by atoms with van der Waals surface area (Å²) in [5.74, 6) is -0.00562. The Hall–Kier alpha value is -2.34. The molecule has 128 valence electrons. The molecule has 1 aromatic carbocycles. The van der Waals surface area contributed by atoms with Crippen LogP contribution in [0.1, 0.15) is 24.6 Å². The minimum Gasteiger partial charge on any atom is -0.497 e. The van der Waals surface area contributed by atoms with Gasteiger partial charge in [0.2, 0.25) is 0 Å². The number of anilines is 1. The van der Waals surface area contributed by atoms with Crippen LogP contribution in [0.5, 0.6) is 5.75 Å². The SMILES string of the molecule is COc1ccc(NC(=O)[C@H](C)OC(=O)CCCc2cccs2)cc1. The smallest absolute Gasteiger partial charge is 0.306 e. The molecule has 5 nitrogen and oxygen atoms in total. The van der Waals surface area contributed by atoms with E-state index in [0.29, 0.717) is 24.3 Å². The number of methoxy groups -OCH3 is 1. The van der Waals surface area contributed by atoms with Crippen molar-refractivity contribution in [2.45, 2.75) is 32.3 Å². The van der Waals surface area contributed by atoms with E-state index in [9.17, 15) is 9.59 Å². The second-order valence-electron chi connectivity index (χ2n) is 5.28. The lowest BCUT2D eigenvalue weighted by atomic mass is 10.2. The third-order valence-electron chi connectivity index (χ3n) is 3.42.